The standard InChI is InChI=1S/C16H20ClNO5/c1-22-14-3-2-11(17)8-12(14)15(19)18-9-13(16(20)21)10-4-6-23-7-5-10/h2-3,8,10,13H,4-7,9H2,1H3,(H,18,19)(H,20,21). The molecule has 23 heavy (non-hydrogen) atoms. The number of hydrogen-bond donors (Lipinski definition) is 2. The Kier molecular flexibility index (Phi) is 6.24. The molecule has 1 aromatic carbocycles. The summed E-state index contributed by atoms with van der Waals surface area (Å²) in [5, 5.41) is 12.5. The largest absolute Gasteiger partial charge is 0.496 e. The molecule has 0 spiro atoms. The van der Waals surface area contributed by atoms with E-state index in [4.69, 9.17) is 21.1 Å². The van der Waals surface area contributed by atoms with Crippen LogP contribution in [0.2, 0.25) is 5.02 Å². The van der Waals surface area contributed by atoms with Gasteiger partial charge in [0, 0.05) is 24.8 Å². The van der Waals surface area contributed by atoms with Gasteiger partial charge >= 0.3 is 5.97 Å². The predicted octanol–water partition coefficient (Wildman–Crippen LogP) is 2.21. The van der Waals surface area contributed by atoms with Crippen molar-refractivity contribution in [2.24, 2.45) is 11.8 Å². The highest BCUT2D eigenvalue weighted by Gasteiger charge is 2.30. The number of amides is 1. The zero-order chi connectivity index (χ0) is 16.8. The summed E-state index contributed by atoms with van der Waals surface area (Å²) in [4.78, 5) is 23.8. The molecule has 1 fully saturated rings. The first-order chi connectivity index (χ1) is 11.0. The molecule has 1 unspecified atom stereocenters. The SMILES string of the molecule is COc1ccc(Cl)cc1C(=O)NCC(C(=O)O)C1CCOCC1. The van der Waals surface area contributed by atoms with E-state index in [1.54, 1.807) is 12.1 Å². The number of nitrogens with one attached hydrogen (secondary N) is 1. The van der Waals surface area contributed by atoms with Crippen LogP contribution < -0.4 is 10.1 Å². The summed E-state index contributed by atoms with van der Waals surface area (Å²) in [6, 6.07) is 4.73. The van der Waals surface area contributed by atoms with Gasteiger partial charge in [-0.25, -0.2) is 0 Å². The molecule has 1 aliphatic heterocycles. The van der Waals surface area contributed by atoms with Gasteiger partial charge in [-0.15, -0.1) is 0 Å². The maximum absolute atomic E-state index is 12.3. The van der Waals surface area contributed by atoms with Gasteiger partial charge in [-0.2, -0.15) is 0 Å². The van der Waals surface area contributed by atoms with E-state index in [1.807, 2.05) is 0 Å². The summed E-state index contributed by atoms with van der Waals surface area (Å²) in [5.74, 6) is -1.54. The van der Waals surface area contributed by atoms with Crippen molar-refractivity contribution in [3.8, 4) is 5.75 Å². The average Bonchev–Trinajstić information content (AvgIpc) is 2.55. The van der Waals surface area contributed by atoms with Crippen molar-refractivity contribution < 1.29 is 24.2 Å². The smallest absolute Gasteiger partial charge is 0.308 e. The van der Waals surface area contributed by atoms with Crippen molar-refractivity contribution >= 4 is 23.5 Å². The van der Waals surface area contributed by atoms with Crippen molar-refractivity contribution in [1.29, 1.82) is 0 Å². The van der Waals surface area contributed by atoms with E-state index in [0.717, 1.165) is 0 Å². The third-order valence-corrected chi connectivity index (χ3v) is 4.28. The zero-order valence-electron chi connectivity index (χ0n) is 12.9. The maximum atomic E-state index is 12.3. The fourth-order valence-electron chi connectivity index (χ4n) is 2.73. The molecule has 0 saturated carbocycles. The Morgan fingerprint density at radius 3 is 2.74 bits per heavy atom. The molecule has 1 aliphatic rings. The zero-order valence-corrected chi connectivity index (χ0v) is 13.6. The number of aliphatic carboxylic acids is 1. The molecule has 2 rings (SSSR count). The Morgan fingerprint density at radius 1 is 1.43 bits per heavy atom. The van der Waals surface area contributed by atoms with Gasteiger partial charge in [0.1, 0.15) is 5.75 Å². The second-order valence-electron chi connectivity index (χ2n) is 5.45. The molecular weight excluding hydrogens is 322 g/mol. The Hall–Kier alpha value is -1.79. The number of carboxylic acids is 1. The second kappa shape index (κ2) is 8.17. The molecule has 1 atom stereocenters. The number of ether oxygens (including phenoxy) is 2. The highest BCUT2D eigenvalue weighted by atomic mass is 35.5. The predicted molar refractivity (Wildman–Crippen MR) is 85.0 cm³/mol. The Labute approximate surface area is 139 Å². The highest BCUT2D eigenvalue weighted by molar-refractivity contribution is 6.31. The second-order valence-corrected chi connectivity index (χ2v) is 5.89. The summed E-state index contributed by atoms with van der Waals surface area (Å²) in [5.41, 5.74) is 0.288. The van der Waals surface area contributed by atoms with E-state index in [9.17, 15) is 14.7 Å². The molecule has 7 heteroatoms. The van der Waals surface area contributed by atoms with Crippen molar-refractivity contribution in [3.63, 3.8) is 0 Å². The minimum atomic E-state index is -0.907. The number of carbonyl (C=O) groups excluding carboxylic acids is 1. The molecule has 1 heterocycles. The molecular formula is C16H20ClNO5. The molecule has 1 saturated heterocycles. The van der Waals surface area contributed by atoms with Gasteiger partial charge in [0.15, 0.2) is 0 Å². The lowest BCUT2D eigenvalue weighted by molar-refractivity contribution is -0.144. The first-order valence-electron chi connectivity index (χ1n) is 7.45. The molecule has 126 valence electrons. The lowest BCUT2D eigenvalue weighted by Gasteiger charge is -2.27. The lowest BCUT2D eigenvalue weighted by Crippen LogP contribution is -2.39. The number of carboxylic acid groups (broad SMARTS) is 1. The van der Waals surface area contributed by atoms with E-state index in [-0.39, 0.29) is 18.0 Å². The molecule has 0 radical (unpaired) electrons. The van der Waals surface area contributed by atoms with Crippen LogP contribution in [0.25, 0.3) is 0 Å². The Morgan fingerprint density at radius 2 is 2.13 bits per heavy atom. The molecule has 6 nitrogen and oxygen atoms in total. The number of benzene rings is 1. The van der Waals surface area contributed by atoms with E-state index < -0.39 is 17.8 Å². The fourth-order valence-corrected chi connectivity index (χ4v) is 2.90. The van der Waals surface area contributed by atoms with Crippen molar-refractivity contribution in [2.45, 2.75) is 12.8 Å². The van der Waals surface area contributed by atoms with Crippen LogP contribution in [0.1, 0.15) is 23.2 Å². The first-order valence-corrected chi connectivity index (χ1v) is 7.83. The van der Waals surface area contributed by atoms with E-state index in [0.29, 0.717) is 36.8 Å². The minimum absolute atomic E-state index is 0.00260. The maximum Gasteiger partial charge on any atom is 0.308 e. The van der Waals surface area contributed by atoms with Crippen LogP contribution in [0.4, 0.5) is 0 Å². The van der Waals surface area contributed by atoms with Gasteiger partial charge in [-0.05, 0) is 37.0 Å². The molecule has 0 aliphatic carbocycles. The van der Waals surface area contributed by atoms with Crippen molar-refractivity contribution in [3.05, 3.63) is 28.8 Å². The number of halogens is 1. The van der Waals surface area contributed by atoms with Gasteiger partial charge < -0.3 is 19.9 Å². The normalized spacial score (nSPS) is 16.6. The lowest BCUT2D eigenvalue weighted by atomic mass is 9.86. The van der Waals surface area contributed by atoms with E-state index >= 15 is 0 Å². The Bertz CT molecular complexity index is 572. The molecule has 1 amide bonds. The number of methoxy groups -OCH3 is 1. The van der Waals surface area contributed by atoms with E-state index in [1.165, 1.54) is 13.2 Å². The minimum Gasteiger partial charge on any atom is -0.496 e. The summed E-state index contributed by atoms with van der Waals surface area (Å²) in [6.45, 7) is 1.18. The van der Waals surface area contributed by atoms with Crippen LogP contribution in [0, 0.1) is 11.8 Å². The third-order valence-electron chi connectivity index (χ3n) is 4.04. The fraction of sp³-hybridized carbons (Fsp3) is 0.500. The van der Waals surface area contributed by atoms with Crippen molar-refractivity contribution in [2.75, 3.05) is 26.9 Å². The van der Waals surface area contributed by atoms with Gasteiger partial charge in [-0.1, -0.05) is 11.6 Å². The van der Waals surface area contributed by atoms with Crippen LogP contribution in [-0.2, 0) is 9.53 Å². The summed E-state index contributed by atoms with van der Waals surface area (Å²) < 4.78 is 10.4. The summed E-state index contributed by atoms with van der Waals surface area (Å²) in [6.07, 6.45) is 1.38. The van der Waals surface area contributed by atoms with Crippen LogP contribution in [0.15, 0.2) is 18.2 Å². The average molecular weight is 342 g/mol. The quantitative estimate of drug-likeness (QED) is 0.828. The molecule has 1 aromatic rings. The number of carbonyl (C=O) groups is 2. The van der Waals surface area contributed by atoms with E-state index in [2.05, 4.69) is 5.32 Å². The summed E-state index contributed by atoms with van der Waals surface area (Å²) >= 11 is 5.91. The topological polar surface area (TPSA) is 84.9 Å². The first kappa shape index (κ1) is 17.6. The molecule has 0 bridgehead atoms. The Balaban J connectivity index is 2.04. The van der Waals surface area contributed by atoms with Crippen LogP contribution >= 0.6 is 11.6 Å². The third kappa shape index (κ3) is 4.59. The van der Waals surface area contributed by atoms with Crippen LogP contribution in [-0.4, -0.2) is 43.9 Å². The van der Waals surface area contributed by atoms with Gasteiger partial charge in [0.2, 0.25) is 0 Å². The van der Waals surface area contributed by atoms with Crippen molar-refractivity contribution in [1.82, 2.24) is 5.32 Å². The molecule has 2 N–H and O–H groups in total. The number of hydrogen-bond acceptors (Lipinski definition) is 4. The summed E-state index contributed by atoms with van der Waals surface area (Å²) in [7, 11) is 1.46. The van der Waals surface area contributed by atoms with Crippen LogP contribution in [0.3, 0.4) is 0 Å². The number of rotatable bonds is 6. The van der Waals surface area contributed by atoms with Gasteiger partial charge in [0.05, 0.1) is 18.6 Å². The van der Waals surface area contributed by atoms with Gasteiger partial charge in [-0.3, -0.25) is 9.59 Å². The molecule has 0 aromatic heterocycles. The van der Waals surface area contributed by atoms with Crippen LogP contribution in [0.5, 0.6) is 5.75 Å². The highest BCUT2D eigenvalue weighted by Crippen LogP contribution is 2.25. The monoisotopic (exact) mass is 341 g/mol. The van der Waals surface area contributed by atoms with Gasteiger partial charge in [0.25, 0.3) is 5.91 Å².